The molecule has 0 saturated heterocycles. The highest BCUT2D eigenvalue weighted by Gasteiger charge is 2.42. The fourth-order valence-corrected chi connectivity index (χ4v) is 3.64. The summed E-state index contributed by atoms with van der Waals surface area (Å²) < 4.78 is 16.4. The quantitative estimate of drug-likeness (QED) is 0.297. The molecule has 0 aliphatic heterocycles. The molecule has 0 aromatic heterocycles. The molecule has 184 valence electrons. The first-order valence-electron chi connectivity index (χ1n) is 11.4. The molecule has 1 amide bonds. The van der Waals surface area contributed by atoms with Crippen molar-refractivity contribution in [2.75, 3.05) is 0 Å². The number of hydrogen-bond acceptors (Lipinski definition) is 7. The van der Waals surface area contributed by atoms with Crippen molar-refractivity contribution in [2.24, 2.45) is 0 Å². The monoisotopic (exact) mass is 487 g/mol. The molecule has 0 radical (unpaired) electrons. The first-order valence-corrected chi connectivity index (χ1v) is 11.4. The molecule has 1 aliphatic carbocycles. The van der Waals surface area contributed by atoms with Crippen LogP contribution in [0, 0.1) is 0 Å². The van der Waals surface area contributed by atoms with Gasteiger partial charge in [0.2, 0.25) is 0 Å². The number of nitrogens with one attached hydrogen (secondary N) is 1. The van der Waals surface area contributed by atoms with Crippen LogP contribution in [0.4, 0.5) is 4.79 Å². The first kappa shape index (κ1) is 24.7. The lowest BCUT2D eigenvalue weighted by molar-refractivity contribution is -0.101. The maximum Gasteiger partial charge on any atom is 0.407 e. The summed E-state index contributed by atoms with van der Waals surface area (Å²) in [5, 5.41) is 13.6. The van der Waals surface area contributed by atoms with E-state index in [4.69, 9.17) is 14.2 Å². The van der Waals surface area contributed by atoms with Gasteiger partial charge in [-0.1, -0.05) is 66.7 Å². The summed E-state index contributed by atoms with van der Waals surface area (Å²) in [4.78, 5) is 37.7. The molecule has 1 aliphatic rings. The fraction of sp³-hybridized carbons (Fsp3) is 0.179. The summed E-state index contributed by atoms with van der Waals surface area (Å²) in [5.74, 6) is -1.31. The summed E-state index contributed by atoms with van der Waals surface area (Å²) in [5.41, 5.74) is 1.44. The molecule has 36 heavy (non-hydrogen) atoms. The number of ether oxygens (including phenoxy) is 3. The summed E-state index contributed by atoms with van der Waals surface area (Å²) in [7, 11) is 0. The van der Waals surface area contributed by atoms with E-state index in [-0.39, 0.29) is 6.54 Å². The maximum atomic E-state index is 12.6. The molecule has 0 saturated carbocycles. The Hall–Kier alpha value is -4.43. The number of aliphatic hydroxyl groups is 1. The highest BCUT2D eigenvalue weighted by molar-refractivity contribution is 5.90. The Morgan fingerprint density at radius 2 is 1.14 bits per heavy atom. The zero-order chi connectivity index (χ0) is 25.3. The van der Waals surface area contributed by atoms with Crippen molar-refractivity contribution in [1.82, 2.24) is 5.32 Å². The number of esters is 2. The fourth-order valence-electron chi connectivity index (χ4n) is 3.64. The summed E-state index contributed by atoms with van der Waals surface area (Å²) in [6.07, 6.45) is -3.03. The number of carbonyl (C=O) groups is 3. The summed E-state index contributed by atoms with van der Waals surface area (Å²) >= 11 is 0. The Morgan fingerprint density at radius 1 is 0.667 bits per heavy atom. The minimum Gasteiger partial charge on any atom is -0.452 e. The third-order valence-corrected chi connectivity index (χ3v) is 5.52. The van der Waals surface area contributed by atoms with Crippen LogP contribution >= 0.6 is 0 Å². The highest BCUT2D eigenvalue weighted by Crippen LogP contribution is 2.24. The topological polar surface area (TPSA) is 111 Å². The Balaban J connectivity index is 1.48. The van der Waals surface area contributed by atoms with Crippen LogP contribution in [0.5, 0.6) is 0 Å². The van der Waals surface area contributed by atoms with E-state index in [9.17, 15) is 19.5 Å². The summed E-state index contributed by atoms with van der Waals surface area (Å²) in [6, 6.07) is 25.8. The third kappa shape index (κ3) is 6.37. The van der Waals surface area contributed by atoms with Crippen molar-refractivity contribution >= 4 is 18.0 Å². The molecule has 0 bridgehead atoms. The van der Waals surface area contributed by atoms with E-state index in [0.29, 0.717) is 11.1 Å². The number of alkyl carbamates (subject to hydrolysis) is 1. The van der Waals surface area contributed by atoms with Crippen molar-refractivity contribution < 1.29 is 33.7 Å². The van der Waals surface area contributed by atoms with Gasteiger partial charge in [0.05, 0.1) is 11.1 Å². The van der Waals surface area contributed by atoms with Gasteiger partial charge in [-0.15, -0.1) is 0 Å². The van der Waals surface area contributed by atoms with Gasteiger partial charge < -0.3 is 24.6 Å². The SMILES string of the molecule is O=C(NCc1ccccc1)O[C@H]1[C@H](O)[C@@H](OC(=O)c2ccccc2)C=C[C@@H]1OC(=O)c1ccccc1. The van der Waals surface area contributed by atoms with Gasteiger partial charge in [0.25, 0.3) is 0 Å². The van der Waals surface area contributed by atoms with Crippen LogP contribution in [0.25, 0.3) is 0 Å². The lowest BCUT2D eigenvalue weighted by Crippen LogP contribution is -2.52. The van der Waals surface area contributed by atoms with Crippen LogP contribution in [-0.4, -0.2) is 47.6 Å². The van der Waals surface area contributed by atoms with Gasteiger partial charge in [0.15, 0.2) is 18.3 Å². The molecule has 0 unspecified atom stereocenters. The molecule has 0 heterocycles. The Kier molecular flexibility index (Phi) is 8.10. The highest BCUT2D eigenvalue weighted by atomic mass is 16.6. The van der Waals surface area contributed by atoms with E-state index >= 15 is 0 Å². The zero-order valence-electron chi connectivity index (χ0n) is 19.2. The Bertz CT molecular complexity index is 1200. The molecular weight excluding hydrogens is 462 g/mol. The smallest absolute Gasteiger partial charge is 0.407 e. The van der Waals surface area contributed by atoms with Gasteiger partial charge in [0.1, 0.15) is 6.10 Å². The van der Waals surface area contributed by atoms with Gasteiger partial charge in [-0.3, -0.25) is 0 Å². The van der Waals surface area contributed by atoms with Crippen LogP contribution in [0.3, 0.4) is 0 Å². The second-order valence-electron chi connectivity index (χ2n) is 8.06. The Labute approximate surface area is 208 Å². The van der Waals surface area contributed by atoms with Crippen LogP contribution in [0.15, 0.2) is 103 Å². The molecule has 0 spiro atoms. The van der Waals surface area contributed by atoms with E-state index in [1.165, 1.54) is 12.2 Å². The minimum atomic E-state index is -1.49. The predicted octanol–water partition coefficient (Wildman–Crippen LogP) is 3.66. The molecule has 8 heteroatoms. The van der Waals surface area contributed by atoms with Crippen LogP contribution in [-0.2, 0) is 20.8 Å². The van der Waals surface area contributed by atoms with E-state index < -0.39 is 42.4 Å². The van der Waals surface area contributed by atoms with Crippen molar-refractivity contribution in [3.05, 3.63) is 120 Å². The van der Waals surface area contributed by atoms with E-state index in [1.807, 2.05) is 30.3 Å². The number of benzene rings is 3. The average molecular weight is 488 g/mol. The van der Waals surface area contributed by atoms with Crippen LogP contribution in [0.1, 0.15) is 26.3 Å². The lowest BCUT2D eigenvalue weighted by atomic mass is 9.95. The number of hydrogen-bond donors (Lipinski definition) is 2. The lowest BCUT2D eigenvalue weighted by Gasteiger charge is -2.35. The van der Waals surface area contributed by atoms with Crippen molar-refractivity contribution in [2.45, 2.75) is 31.0 Å². The van der Waals surface area contributed by atoms with Crippen molar-refractivity contribution in [3.63, 3.8) is 0 Å². The van der Waals surface area contributed by atoms with Gasteiger partial charge in [-0.05, 0) is 42.0 Å². The van der Waals surface area contributed by atoms with Gasteiger partial charge in [0, 0.05) is 6.54 Å². The zero-order valence-corrected chi connectivity index (χ0v) is 19.2. The number of amides is 1. The number of aliphatic hydroxyl groups excluding tert-OH is 1. The molecule has 4 rings (SSSR count). The van der Waals surface area contributed by atoms with Gasteiger partial charge in [-0.2, -0.15) is 0 Å². The van der Waals surface area contributed by atoms with Gasteiger partial charge >= 0.3 is 18.0 Å². The maximum absolute atomic E-state index is 12.6. The number of carbonyl (C=O) groups excluding carboxylic acids is 3. The van der Waals surface area contributed by atoms with E-state index in [2.05, 4.69) is 5.32 Å². The second-order valence-corrected chi connectivity index (χ2v) is 8.06. The molecule has 3 aromatic rings. The van der Waals surface area contributed by atoms with Crippen LogP contribution < -0.4 is 5.32 Å². The third-order valence-electron chi connectivity index (χ3n) is 5.52. The molecule has 2 N–H and O–H groups in total. The number of rotatable bonds is 7. The average Bonchev–Trinajstić information content (AvgIpc) is 2.92. The van der Waals surface area contributed by atoms with Crippen LogP contribution in [0.2, 0.25) is 0 Å². The Morgan fingerprint density at radius 3 is 1.69 bits per heavy atom. The summed E-state index contributed by atoms with van der Waals surface area (Å²) in [6.45, 7) is 0.194. The normalized spacial score (nSPS) is 20.7. The largest absolute Gasteiger partial charge is 0.452 e. The van der Waals surface area contributed by atoms with Crippen molar-refractivity contribution in [1.29, 1.82) is 0 Å². The standard InChI is InChI=1S/C28H25NO7/c30-24-22(34-26(31)20-12-6-2-7-13-20)16-17-23(35-27(32)21-14-8-3-9-15-21)25(24)36-28(33)29-18-19-10-4-1-5-11-19/h1-17,22-25,30H,18H2,(H,29,33)/t22-,23-,24+,25+/m0/s1. The minimum absolute atomic E-state index is 0.194. The predicted molar refractivity (Wildman–Crippen MR) is 130 cm³/mol. The molecule has 0 fully saturated rings. The molecule has 3 aromatic carbocycles. The van der Waals surface area contributed by atoms with Crippen molar-refractivity contribution in [3.8, 4) is 0 Å². The molecule has 8 nitrogen and oxygen atoms in total. The van der Waals surface area contributed by atoms with Gasteiger partial charge in [-0.25, -0.2) is 14.4 Å². The van der Waals surface area contributed by atoms with E-state index in [0.717, 1.165) is 5.56 Å². The second kappa shape index (κ2) is 11.8. The molecular formula is C28H25NO7. The molecule has 4 atom stereocenters. The van der Waals surface area contributed by atoms with E-state index in [1.54, 1.807) is 60.7 Å². The first-order chi connectivity index (χ1) is 17.5.